The lowest BCUT2D eigenvalue weighted by molar-refractivity contribution is -0.137. The number of halogens is 3. The maximum absolute atomic E-state index is 12.7. The SMILES string of the molecule is CCCN(C)C(=O)c1cc(C(F)(F)F)ccc1NC. The van der Waals surface area contributed by atoms with E-state index in [-0.39, 0.29) is 5.56 Å². The Morgan fingerprint density at radius 1 is 1.37 bits per heavy atom. The number of anilines is 1. The minimum atomic E-state index is -4.45. The van der Waals surface area contributed by atoms with E-state index in [9.17, 15) is 18.0 Å². The smallest absolute Gasteiger partial charge is 0.387 e. The summed E-state index contributed by atoms with van der Waals surface area (Å²) in [6.07, 6.45) is -3.71. The van der Waals surface area contributed by atoms with Gasteiger partial charge in [-0.25, -0.2) is 0 Å². The Morgan fingerprint density at radius 3 is 2.47 bits per heavy atom. The van der Waals surface area contributed by atoms with Gasteiger partial charge >= 0.3 is 6.18 Å². The Labute approximate surface area is 110 Å². The Balaban J connectivity index is 3.20. The lowest BCUT2D eigenvalue weighted by Crippen LogP contribution is -2.28. The summed E-state index contributed by atoms with van der Waals surface area (Å²) in [5, 5.41) is 2.74. The third-order valence-corrected chi connectivity index (χ3v) is 2.75. The molecule has 0 fully saturated rings. The van der Waals surface area contributed by atoms with Gasteiger partial charge in [-0.3, -0.25) is 4.79 Å². The molecule has 0 aliphatic carbocycles. The molecule has 0 aliphatic heterocycles. The first-order chi connectivity index (χ1) is 8.81. The van der Waals surface area contributed by atoms with E-state index in [0.717, 1.165) is 18.6 Å². The molecule has 6 heteroatoms. The highest BCUT2D eigenvalue weighted by Crippen LogP contribution is 2.32. The quantitative estimate of drug-likeness (QED) is 0.914. The molecule has 3 nitrogen and oxygen atoms in total. The second-order valence-corrected chi connectivity index (χ2v) is 4.23. The van der Waals surface area contributed by atoms with Gasteiger partial charge in [0, 0.05) is 26.3 Å². The largest absolute Gasteiger partial charge is 0.416 e. The van der Waals surface area contributed by atoms with Crippen molar-refractivity contribution >= 4 is 11.6 Å². The van der Waals surface area contributed by atoms with Crippen LogP contribution in [0.4, 0.5) is 18.9 Å². The van der Waals surface area contributed by atoms with Crippen LogP contribution < -0.4 is 5.32 Å². The second kappa shape index (κ2) is 5.95. The monoisotopic (exact) mass is 274 g/mol. The molecule has 19 heavy (non-hydrogen) atoms. The van der Waals surface area contributed by atoms with Crippen LogP contribution in [0.3, 0.4) is 0 Å². The number of carbonyl (C=O) groups is 1. The summed E-state index contributed by atoms with van der Waals surface area (Å²) in [5.74, 6) is -0.419. The van der Waals surface area contributed by atoms with Crippen LogP contribution in [-0.2, 0) is 6.18 Å². The molecule has 0 unspecified atom stereocenters. The summed E-state index contributed by atoms with van der Waals surface area (Å²) in [6.45, 7) is 2.40. The zero-order valence-corrected chi connectivity index (χ0v) is 11.1. The number of carbonyl (C=O) groups excluding carboxylic acids is 1. The molecule has 0 bridgehead atoms. The zero-order valence-electron chi connectivity index (χ0n) is 11.1. The van der Waals surface area contributed by atoms with E-state index in [1.807, 2.05) is 6.92 Å². The van der Waals surface area contributed by atoms with Crippen LogP contribution in [0.5, 0.6) is 0 Å². The molecule has 0 atom stereocenters. The van der Waals surface area contributed by atoms with E-state index >= 15 is 0 Å². The molecule has 1 N–H and O–H groups in total. The minimum absolute atomic E-state index is 0.0354. The molecular weight excluding hydrogens is 257 g/mol. The summed E-state index contributed by atoms with van der Waals surface area (Å²) in [7, 11) is 3.14. The first-order valence-electron chi connectivity index (χ1n) is 5.95. The van der Waals surface area contributed by atoms with Gasteiger partial charge in [-0.1, -0.05) is 6.92 Å². The average molecular weight is 274 g/mol. The first-order valence-corrected chi connectivity index (χ1v) is 5.95. The van der Waals surface area contributed by atoms with Crippen LogP contribution in [0, 0.1) is 0 Å². The van der Waals surface area contributed by atoms with E-state index in [4.69, 9.17) is 0 Å². The lowest BCUT2D eigenvalue weighted by atomic mass is 10.1. The number of hydrogen-bond donors (Lipinski definition) is 1. The van der Waals surface area contributed by atoms with Gasteiger partial charge in [0.1, 0.15) is 0 Å². The van der Waals surface area contributed by atoms with Crippen LogP contribution in [-0.4, -0.2) is 31.4 Å². The second-order valence-electron chi connectivity index (χ2n) is 4.23. The highest BCUT2D eigenvalue weighted by molar-refractivity contribution is 5.99. The molecule has 1 rings (SSSR count). The maximum Gasteiger partial charge on any atom is 0.416 e. The number of amides is 1. The summed E-state index contributed by atoms with van der Waals surface area (Å²) in [5.41, 5.74) is -0.394. The molecule has 1 amide bonds. The normalized spacial score (nSPS) is 11.3. The van der Waals surface area contributed by atoms with Crippen molar-refractivity contribution in [2.24, 2.45) is 0 Å². The number of benzene rings is 1. The molecule has 0 heterocycles. The highest BCUT2D eigenvalue weighted by atomic mass is 19.4. The summed E-state index contributed by atoms with van der Waals surface area (Å²) < 4.78 is 38.0. The van der Waals surface area contributed by atoms with E-state index < -0.39 is 17.6 Å². The van der Waals surface area contributed by atoms with Gasteiger partial charge in [-0.05, 0) is 24.6 Å². The molecule has 0 radical (unpaired) electrons. The predicted octanol–water partition coefficient (Wildman–Crippen LogP) is 3.23. The van der Waals surface area contributed by atoms with Gasteiger partial charge in [-0.15, -0.1) is 0 Å². The van der Waals surface area contributed by atoms with Crippen LogP contribution in [0.15, 0.2) is 18.2 Å². The van der Waals surface area contributed by atoms with Crippen molar-refractivity contribution in [2.75, 3.05) is 26.0 Å². The van der Waals surface area contributed by atoms with Gasteiger partial charge < -0.3 is 10.2 Å². The Bertz CT molecular complexity index is 458. The summed E-state index contributed by atoms with van der Waals surface area (Å²) >= 11 is 0. The summed E-state index contributed by atoms with van der Waals surface area (Å²) in [6, 6.07) is 3.12. The molecule has 106 valence electrons. The first kappa shape index (κ1) is 15.3. The van der Waals surface area contributed by atoms with Gasteiger partial charge in [0.25, 0.3) is 5.91 Å². The molecule has 0 aromatic heterocycles. The summed E-state index contributed by atoms with van der Waals surface area (Å²) in [4.78, 5) is 13.5. The number of nitrogens with zero attached hydrogens (tertiary/aromatic N) is 1. The fourth-order valence-corrected chi connectivity index (χ4v) is 1.76. The van der Waals surface area contributed by atoms with Crippen LogP contribution in [0.2, 0.25) is 0 Å². The molecule has 0 aliphatic rings. The fourth-order valence-electron chi connectivity index (χ4n) is 1.76. The van der Waals surface area contributed by atoms with Gasteiger partial charge in [0.2, 0.25) is 0 Å². The standard InChI is InChI=1S/C13H17F3N2O/c1-4-7-18(3)12(19)10-8-9(13(14,15)16)5-6-11(10)17-2/h5-6,8,17H,4,7H2,1-3H3. The van der Waals surface area contributed by atoms with E-state index in [1.165, 1.54) is 11.0 Å². The van der Waals surface area contributed by atoms with Crippen molar-refractivity contribution in [2.45, 2.75) is 19.5 Å². The highest BCUT2D eigenvalue weighted by Gasteiger charge is 2.32. The van der Waals surface area contributed by atoms with Gasteiger partial charge in [0.15, 0.2) is 0 Å². The molecule has 1 aromatic carbocycles. The van der Waals surface area contributed by atoms with Crippen molar-refractivity contribution in [1.82, 2.24) is 4.90 Å². The van der Waals surface area contributed by atoms with E-state index in [1.54, 1.807) is 14.1 Å². The zero-order chi connectivity index (χ0) is 14.6. The molecular formula is C13H17F3N2O. The molecule has 0 saturated carbocycles. The van der Waals surface area contributed by atoms with E-state index in [2.05, 4.69) is 5.32 Å². The number of nitrogens with one attached hydrogen (secondary N) is 1. The Hall–Kier alpha value is -1.72. The van der Waals surface area contributed by atoms with Crippen LogP contribution >= 0.6 is 0 Å². The minimum Gasteiger partial charge on any atom is -0.387 e. The molecule has 0 spiro atoms. The number of rotatable bonds is 4. The van der Waals surface area contributed by atoms with Crippen molar-refractivity contribution in [1.29, 1.82) is 0 Å². The lowest BCUT2D eigenvalue weighted by Gasteiger charge is -2.19. The number of hydrogen-bond acceptors (Lipinski definition) is 2. The Morgan fingerprint density at radius 2 is 2.00 bits per heavy atom. The van der Waals surface area contributed by atoms with Gasteiger partial charge in [-0.2, -0.15) is 13.2 Å². The van der Waals surface area contributed by atoms with Crippen molar-refractivity contribution in [3.05, 3.63) is 29.3 Å². The molecule has 1 aromatic rings. The van der Waals surface area contributed by atoms with Crippen molar-refractivity contribution in [3.63, 3.8) is 0 Å². The van der Waals surface area contributed by atoms with Crippen LogP contribution in [0.25, 0.3) is 0 Å². The van der Waals surface area contributed by atoms with Crippen LogP contribution in [0.1, 0.15) is 29.3 Å². The fraction of sp³-hybridized carbons (Fsp3) is 0.462. The topological polar surface area (TPSA) is 32.3 Å². The maximum atomic E-state index is 12.7. The van der Waals surface area contributed by atoms with Gasteiger partial charge in [0.05, 0.1) is 11.1 Å². The predicted molar refractivity (Wildman–Crippen MR) is 68.2 cm³/mol. The third kappa shape index (κ3) is 3.62. The van der Waals surface area contributed by atoms with E-state index in [0.29, 0.717) is 12.2 Å². The Kier molecular flexibility index (Phi) is 4.80. The van der Waals surface area contributed by atoms with Crippen molar-refractivity contribution in [3.8, 4) is 0 Å². The molecule has 0 saturated heterocycles. The van der Waals surface area contributed by atoms with Crippen molar-refractivity contribution < 1.29 is 18.0 Å². The average Bonchev–Trinajstić information content (AvgIpc) is 2.36. The number of alkyl halides is 3. The third-order valence-electron chi connectivity index (χ3n) is 2.75.